The average Bonchev–Trinajstić information content (AvgIpc) is 2.07. The first-order valence-corrected chi connectivity index (χ1v) is 4.99. The van der Waals surface area contributed by atoms with Crippen LogP contribution in [0.2, 0.25) is 0 Å². The van der Waals surface area contributed by atoms with E-state index in [0.717, 1.165) is 23.9 Å². The van der Waals surface area contributed by atoms with Crippen LogP contribution in [0.3, 0.4) is 0 Å². The number of halogens is 2. The van der Waals surface area contributed by atoms with E-state index in [-0.39, 0.29) is 10.5 Å². The molecule has 1 aromatic rings. The molecule has 0 amide bonds. The van der Waals surface area contributed by atoms with Crippen LogP contribution in [0.4, 0.5) is 8.78 Å². The predicted octanol–water partition coefficient (Wildman–Crippen LogP) is 2.74. The second-order valence-electron chi connectivity index (χ2n) is 2.68. The maximum absolute atomic E-state index is 13.1. The van der Waals surface area contributed by atoms with Crippen molar-refractivity contribution in [2.45, 2.75) is 17.9 Å². The number of benzene rings is 1. The van der Waals surface area contributed by atoms with Crippen LogP contribution in [-0.4, -0.2) is 11.4 Å². The molecule has 0 aliphatic carbocycles. The Kier molecular flexibility index (Phi) is 3.27. The van der Waals surface area contributed by atoms with E-state index in [2.05, 4.69) is 0 Å². The summed E-state index contributed by atoms with van der Waals surface area (Å²) < 4.78 is 26.2. The SMILES string of the molecule is CSc1cc(F)c(C(C)O)cc1F. The highest BCUT2D eigenvalue weighted by Crippen LogP contribution is 2.25. The molecule has 1 N–H and O–H groups in total. The summed E-state index contributed by atoms with van der Waals surface area (Å²) in [6.07, 6.45) is 0.685. The fraction of sp³-hybridized carbons (Fsp3) is 0.333. The van der Waals surface area contributed by atoms with Crippen molar-refractivity contribution in [3.05, 3.63) is 29.3 Å². The Bertz CT molecular complexity index is 313. The highest BCUT2D eigenvalue weighted by Gasteiger charge is 2.12. The lowest BCUT2D eigenvalue weighted by atomic mass is 10.1. The van der Waals surface area contributed by atoms with Gasteiger partial charge >= 0.3 is 0 Å². The lowest BCUT2D eigenvalue weighted by Crippen LogP contribution is -1.98. The van der Waals surface area contributed by atoms with Crippen LogP contribution in [-0.2, 0) is 0 Å². The summed E-state index contributed by atoms with van der Waals surface area (Å²) in [6.45, 7) is 1.40. The van der Waals surface area contributed by atoms with Gasteiger partial charge in [-0.3, -0.25) is 0 Å². The third-order valence-electron chi connectivity index (χ3n) is 1.72. The fourth-order valence-electron chi connectivity index (χ4n) is 1.02. The van der Waals surface area contributed by atoms with Gasteiger partial charge in [0.05, 0.1) is 6.10 Å². The van der Waals surface area contributed by atoms with Crippen molar-refractivity contribution in [1.29, 1.82) is 0 Å². The van der Waals surface area contributed by atoms with Crippen molar-refractivity contribution in [2.24, 2.45) is 0 Å². The fourth-order valence-corrected chi connectivity index (χ4v) is 1.50. The molecule has 0 bridgehead atoms. The molecule has 0 aromatic heterocycles. The number of aliphatic hydroxyl groups excluding tert-OH is 1. The molecule has 1 nitrogen and oxygen atoms in total. The lowest BCUT2D eigenvalue weighted by Gasteiger charge is -2.08. The van der Waals surface area contributed by atoms with Gasteiger partial charge in [-0.25, -0.2) is 8.78 Å². The second kappa shape index (κ2) is 4.07. The van der Waals surface area contributed by atoms with Crippen LogP contribution in [0.5, 0.6) is 0 Å². The highest BCUT2D eigenvalue weighted by atomic mass is 32.2. The molecule has 72 valence electrons. The Morgan fingerprint density at radius 1 is 1.31 bits per heavy atom. The third-order valence-corrected chi connectivity index (χ3v) is 2.47. The molecule has 0 saturated heterocycles. The Morgan fingerprint density at radius 3 is 2.38 bits per heavy atom. The Balaban J connectivity index is 3.20. The maximum atomic E-state index is 13.1. The van der Waals surface area contributed by atoms with Gasteiger partial charge < -0.3 is 5.11 Å². The van der Waals surface area contributed by atoms with Gasteiger partial charge in [0, 0.05) is 10.5 Å². The summed E-state index contributed by atoms with van der Waals surface area (Å²) in [5.74, 6) is -1.06. The number of hydrogen-bond acceptors (Lipinski definition) is 2. The number of rotatable bonds is 2. The molecule has 0 spiro atoms. The molecular weight excluding hydrogens is 194 g/mol. The minimum Gasteiger partial charge on any atom is -0.389 e. The zero-order valence-electron chi connectivity index (χ0n) is 7.34. The first kappa shape index (κ1) is 10.5. The van der Waals surface area contributed by atoms with Crippen molar-refractivity contribution in [3.63, 3.8) is 0 Å². The van der Waals surface area contributed by atoms with Crippen molar-refractivity contribution >= 4 is 11.8 Å². The lowest BCUT2D eigenvalue weighted by molar-refractivity contribution is 0.193. The van der Waals surface area contributed by atoms with Crippen LogP contribution >= 0.6 is 11.8 Å². The number of thioether (sulfide) groups is 1. The monoisotopic (exact) mass is 204 g/mol. The molecule has 1 aromatic carbocycles. The number of hydrogen-bond donors (Lipinski definition) is 1. The van der Waals surface area contributed by atoms with Gasteiger partial charge in [-0.05, 0) is 25.3 Å². The van der Waals surface area contributed by atoms with Crippen LogP contribution in [0.15, 0.2) is 17.0 Å². The Labute approximate surface area is 79.8 Å². The normalized spacial score (nSPS) is 13.0. The molecule has 4 heteroatoms. The summed E-state index contributed by atoms with van der Waals surface area (Å²) in [5.41, 5.74) is -0.00435. The van der Waals surface area contributed by atoms with Crippen LogP contribution < -0.4 is 0 Å². The molecule has 1 rings (SSSR count). The molecule has 13 heavy (non-hydrogen) atoms. The molecule has 1 unspecified atom stereocenters. The van der Waals surface area contributed by atoms with E-state index in [0.29, 0.717) is 0 Å². The van der Waals surface area contributed by atoms with Crippen molar-refractivity contribution in [3.8, 4) is 0 Å². The summed E-state index contributed by atoms with van der Waals surface area (Å²) >= 11 is 1.13. The van der Waals surface area contributed by atoms with Crippen LogP contribution in [0, 0.1) is 11.6 Å². The van der Waals surface area contributed by atoms with Crippen LogP contribution in [0.25, 0.3) is 0 Å². The van der Waals surface area contributed by atoms with Gasteiger partial charge in [-0.1, -0.05) is 0 Å². The van der Waals surface area contributed by atoms with Crippen molar-refractivity contribution in [1.82, 2.24) is 0 Å². The van der Waals surface area contributed by atoms with Gasteiger partial charge in [0.1, 0.15) is 11.6 Å². The van der Waals surface area contributed by atoms with E-state index in [4.69, 9.17) is 5.11 Å². The third kappa shape index (κ3) is 2.19. The topological polar surface area (TPSA) is 20.2 Å². The smallest absolute Gasteiger partial charge is 0.137 e. The molecule has 0 heterocycles. The first-order chi connectivity index (χ1) is 6.06. The molecule has 0 fully saturated rings. The van der Waals surface area contributed by atoms with Gasteiger partial charge in [-0.2, -0.15) is 0 Å². The van der Waals surface area contributed by atoms with E-state index in [1.165, 1.54) is 6.92 Å². The average molecular weight is 204 g/mol. The maximum Gasteiger partial charge on any atom is 0.137 e. The Hall–Kier alpha value is -0.610. The molecule has 1 atom stereocenters. The summed E-state index contributed by atoms with van der Waals surface area (Å²) in [6, 6.07) is 2.13. The van der Waals surface area contributed by atoms with Gasteiger partial charge in [0.25, 0.3) is 0 Å². The summed E-state index contributed by atoms with van der Waals surface area (Å²) in [4.78, 5) is 0.252. The van der Waals surface area contributed by atoms with E-state index < -0.39 is 17.7 Å². The van der Waals surface area contributed by atoms with Crippen molar-refractivity contribution in [2.75, 3.05) is 6.26 Å². The van der Waals surface area contributed by atoms with Gasteiger partial charge in [0.15, 0.2) is 0 Å². The van der Waals surface area contributed by atoms with E-state index in [1.54, 1.807) is 6.26 Å². The van der Waals surface area contributed by atoms with Gasteiger partial charge in [-0.15, -0.1) is 11.8 Å². The van der Waals surface area contributed by atoms with E-state index >= 15 is 0 Å². The zero-order chi connectivity index (χ0) is 10.0. The van der Waals surface area contributed by atoms with Crippen LogP contribution in [0.1, 0.15) is 18.6 Å². The first-order valence-electron chi connectivity index (χ1n) is 3.77. The Morgan fingerprint density at radius 2 is 1.92 bits per heavy atom. The van der Waals surface area contributed by atoms with Gasteiger partial charge in [0.2, 0.25) is 0 Å². The number of aliphatic hydroxyl groups is 1. The predicted molar refractivity (Wildman–Crippen MR) is 48.8 cm³/mol. The molecule has 0 radical (unpaired) electrons. The minimum atomic E-state index is -0.981. The molecular formula is C9H10F2OS. The zero-order valence-corrected chi connectivity index (χ0v) is 8.16. The van der Waals surface area contributed by atoms with Crippen molar-refractivity contribution < 1.29 is 13.9 Å². The highest BCUT2D eigenvalue weighted by molar-refractivity contribution is 7.98. The summed E-state index contributed by atoms with van der Waals surface area (Å²) in [5, 5.41) is 9.08. The minimum absolute atomic E-state index is 0.00435. The molecule has 0 saturated carbocycles. The standard InChI is InChI=1S/C9H10F2OS/c1-5(12)6-3-8(11)9(13-2)4-7(6)10/h3-5,12H,1-2H3. The quantitative estimate of drug-likeness (QED) is 0.747. The second-order valence-corrected chi connectivity index (χ2v) is 3.53. The summed E-state index contributed by atoms with van der Waals surface area (Å²) in [7, 11) is 0. The largest absolute Gasteiger partial charge is 0.389 e. The molecule has 0 aliphatic rings. The van der Waals surface area contributed by atoms with E-state index in [9.17, 15) is 8.78 Å². The van der Waals surface area contributed by atoms with E-state index in [1.807, 2.05) is 0 Å². The molecule has 0 aliphatic heterocycles.